The van der Waals surface area contributed by atoms with Crippen molar-refractivity contribution in [3.63, 3.8) is 0 Å². The molecule has 0 radical (unpaired) electrons. The van der Waals surface area contributed by atoms with Crippen LogP contribution in [0.1, 0.15) is 57.1 Å². The van der Waals surface area contributed by atoms with Gasteiger partial charge in [-0.1, -0.05) is 61.4 Å². The van der Waals surface area contributed by atoms with E-state index in [1.165, 1.54) is 16.7 Å². The molecule has 0 bridgehead atoms. The fourth-order valence-corrected chi connectivity index (χ4v) is 2.85. The second-order valence-corrected chi connectivity index (χ2v) is 5.93. The average Bonchev–Trinajstić information content (AvgIpc) is 3.31. The summed E-state index contributed by atoms with van der Waals surface area (Å²) in [6, 6.07) is 8.63. The van der Waals surface area contributed by atoms with E-state index in [1.54, 1.807) is 0 Å². The molecule has 1 aromatic carbocycles. The molecule has 0 aliphatic heterocycles. The lowest BCUT2D eigenvalue weighted by Gasteiger charge is -2.11. The van der Waals surface area contributed by atoms with Crippen molar-refractivity contribution in [1.29, 1.82) is 0 Å². The number of Topliss-reactive ketones (excluding diaryl/α,β-unsaturated/α-hetero) is 1. The first-order chi connectivity index (χ1) is 10.1. The number of hydrogen-bond donors (Lipinski definition) is 0. The van der Waals surface area contributed by atoms with Gasteiger partial charge in [-0.15, -0.1) is 0 Å². The third-order valence-electron chi connectivity index (χ3n) is 4.31. The zero-order valence-electron chi connectivity index (χ0n) is 13.6. The predicted octanol–water partition coefficient (Wildman–Crippen LogP) is 5.36. The molecular formula is C20H26O. The van der Waals surface area contributed by atoms with E-state index < -0.39 is 0 Å². The highest BCUT2D eigenvalue weighted by Gasteiger charge is 2.44. The largest absolute Gasteiger partial charge is 0.294 e. The van der Waals surface area contributed by atoms with Gasteiger partial charge in [0.25, 0.3) is 0 Å². The molecule has 0 N–H and O–H groups in total. The van der Waals surface area contributed by atoms with Crippen molar-refractivity contribution >= 4 is 5.78 Å². The first-order valence-corrected chi connectivity index (χ1v) is 8.12. The van der Waals surface area contributed by atoms with Gasteiger partial charge in [0.05, 0.1) is 0 Å². The van der Waals surface area contributed by atoms with E-state index in [9.17, 15) is 4.79 Å². The lowest BCUT2D eigenvalue weighted by atomic mass is 9.93. The fraction of sp³-hybridized carbons (Fsp3) is 0.450. The van der Waals surface area contributed by atoms with Crippen LogP contribution >= 0.6 is 0 Å². The Morgan fingerprint density at radius 2 is 1.67 bits per heavy atom. The third-order valence-corrected chi connectivity index (χ3v) is 4.31. The summed E-state index contributed by atoms with van der Waals surface area (Å²) in [6.45, 7) is 8.23. The van der Waals surface area contributed by atoms with E-state index in [2.05, 4.69) is 44.2 Å². The van der Waals surface area contributed by atoms with Crippen molar-refractivity contribution in [2.24, 2.45) is 5.92 Å². The van der Waals surface area contributed by atoms with Crippen LogP contribution in [0.2, 0.25) is 0 Å². The maximum absolute atomic E-state index is 12.4. The third kappa shape index (κ3) is 3.72. The van der Waals surface area contributed by atoms with E-state index in [4.69, 9.17) is 0 Å². The van der Waals surface area contributed by atoms with Crippen LogP contribution in [-0.4, -0.2) is 5.78 Å². The van der Waals surface area contributed by atoms with Crippen molar-refractivity contribution in [2.75, 3.05) is 0 Å². The smallest absolute Gasteiger partial charge is 0.162 e. The summed E-state index contributed by atoms with van der Waals surface area (Å²) in [5, 5.41) is 0. The molecule has 0 saturated heterocycles. The van der Waals surface area contributed by atoms with Crippen molar-refractivity contribution in [3.8, 4) is 0 Å². The van der Waals surface area contributed by atoms with Crippen LogP contribution in [0.25, 0.3) is 0 Å². The molecule has 2 unspecified atom stereocenters. The number of rotatable bonds is 3. The maximum Gasteiger partial charge on any atom is 0.162 e. The van der Waals surface area contributed by atoms with Crippen LogP contribution in [0, 0.1) is 12.8 Å². The fourth-order valence-electron chi connectivity index (χ4n) is 2.85. The molecule has 0 spiro atoms. The lowest BCUT2D eigenvalue weighted by molar-refractivity contribution is -0.116. The van der Waals surface area contributed by atoms with Crippen LogP contribution in [0.4, 0.5) is 0 Å². The van der Waals surface area contributed by atoms with Gasteiger partial charge in [0.2, 0.25) is 0 Å². The molecule has 3 rings (SSSR count). The Labute approximate surface area is 128 Å². The molecule has 1 saturated carbocycles. The summed E-state index contributed by atoms with van der Waals surface area (Å²) in [6.07, 6.45) is 7.13. The second kappa shape index (κ2) is 6.89. The van der Waals surface area contributed by atoms with Gasteiger partial charge in [-0.05, 0) is 50.2 Å². The highest BCUT2D eigenvalue weighted by Crippen LogP contribution is 2.49. The highest BCUT2D eigenvalue weighted by atomic mass is 16.1. The number of carbonyl (C=O) groups is 1. The Morgan fingerprint density at radius 3 is 2.24 bits per heavy atom. The molecule has 2 atom stereocenters. The molecule has 0 aromatic heterocycles. The number of carbonyl (C=O) groups excluding carboxylic acids is 1. The molecule has 1 nitrogen and oxygen atoms in total. The van der Waals surface area contributed by atoms with Crippen molar-refractivity contribution in [3.05, 3.63) is 58.7 Å². The Kier molecular flexibility index (Phi) is 5.17. The molecule has 1 heteroatoms. The van der Waals surface area contributed by atoms with E-state index in [0.717, 1.165) is 24.8 Å². The van der Waals surface area contributed by atoms with Crippen LogP contribution in [-0.2, 0) is 4.79 Å². The van der Waals surface area contributed by atoms with Crippen molar-refractivity contribution in [2.45, 2.75) is 52.9 Å². The van der Waals surface area contributed by atoms with Gasteiger partial charge in [0.1, 0.15) is 0 Å². The number of aryl methyl sites for hydroxylation is 1. The predicted molar refractivity (Wildman–Crippen MR) is 89.5 cm³/mol. The first kappa shape index (κ1) is 15.8. The Balaban J connectivity index is 0.000000774. The highest BCUT2D eigenvalue weighted by molar-refractivity contribution is 6.00. The minimum atomic E-state index is 0.237. The molecule has 2 aliphatic rings. The van der Waals surface area contributed by atoms with Crippen molar-refractivity contribution in [1.82, 2.24) is 0 Å². The topological polar surface area (TPSA) is 17.1 Å². The second-order valence-electron chi connectivity index (χ2n) is 5.93. The van der Waals surface area contributed by atoms with Crippen LogP contribution < -0.4 is 0 Å². The van der Waals surface area contributed by atoms with Gasteiger partial charge >= 0.3 is 0 Å². The summed E-state index contributed by atoms with van der Waals surface area (Å²) >= 11 is 0. The molecule has 21 heavy (non-hydrogen) atoms. The zero-order valence-corrected chi connectivity index (χ0v) is 13.6. The van der Waals surface area contributed by atoms with Gasteiger partial charge in [0, 0.05) is 5.92 Å². The van der Waals surface area contributed by atoms with E-state index in [-0.39, 0.29) is 5.92 Å². The Bertz CT molecular complexity index is 560. The summed E-state index contributed by atoms with van der Waals surface area (Å²) in [5.41, 5.74) is 5.02. The maximum atomic E-state index is 12.4. The van der Waals surface area contributed by atoms with E-state index in [0.29, 0.717) is 11.7 Å². The average molecular weight is 282 g/mol. The minimum Gasteiger partial charge on any atom is -0.294 e. The Hall–Kier alpha value is -1.63. The van der Waals surface area contributed by atoms with E-state index >= 15 is 0 Å². The van der Waals surface area contributed by atoms with Gasteiger partial charge < -0.3 is 0 Å². The summed E-state index contributed by atoms with van der Waals surface area (Å²) in [5.74, 6) is 1.08. The van der Waals surface area contributed by atoms with Crippen LogP contribution in [0.15, 0.2) is 47.6 Å². The molecule has 2 aliphatic carbocycles. The van der Waals surface area contributed by atoms with Crippen LogP contribution in [0.5, 0.6) is 0 Å². The van der Waals surface area contributed by atoms with E-state index in [1.807, 2.05) is 19.9 Å². The minimum absolute atomic E-state index is 0.237. The summed E-state index contributed by atoms with van der Waals surface area (Å²) < 4.78 is 0. The number of benzene rings is 1. The molecule has 112 valence electrons. The monoisotopic (exact) mass is 282 g/mol. The molecule has 0 heterocycles. The van der Waals surface area contributed by atoms with Gasteiger partial charge in [0.15, 0.2) is 5.78 Å². The normalized spacial score (nSPS) is 23.4. The molecule has 1 fully saturated rings. The van der Waals surface area contributed by atoms with Crippen LogP contribution in [0.3, 0.4) is 0 Å². The summed E-state index contributed by atoms with van der Waals surface area (Å²) in [7, 11) is 0. The summed E-state index contributed by atoms with van der Waals surface area (Å²) in [4.78, 5) is 12.4. The number of hydrogen-bond acceptors (Lipinski definition) is 1. The molecule has 0 amide bonds. The molecule has 1 aromatic rings. The zero-order chi connectivity index (χ0) is 15.4. The quantitative estimate of drug-likeness (QED) is 0.729. The van der Waals surface area contributed by atoms with Gasteiger partial charge in [-0.3, -0.25) is 4.79 Å². The SMILES string of the molecule is CC.CC1=CC=C(C(=O)C2CC2c2ccc(C)cc2)CC1. The van der Waals surface area contributed by atoms with Crippen molar-refractivity contribution < 1.29 is 4.79 Å². The number of allylic oxidation sites excluding steroid dienone is 4. The molecular weight excluding hydrogens is 256 g/mol. The number of ketones is 1. The van der Waals surface area contributed by atoms with Gasteiger partial charge in [-0.2, -0.15) is 0 Å². The first-order valence-electron chi connectivity index (χ1n) is 8.12. The lowest BCUT2D eigenvalue weighted by Crippen LogP contribution is -2.08. The standard InChI is InChI=1S/C18H20O.C2H6/c1-12-3-7-14(8-4-12)16-11-17(16)18(19)15-9-5-13(2)6-10-15;1-2/h3-5,7-9,16-17H,6,10-11H2,1-2H3;1-2H3. The van der Waals surface area contributed by atoms with Gasteiger partial charge in [-0.25, -0.2) is 0 Å². The Morgan fingerprint density at radius 1 is 1.00 bits per heavy atom.